The maximum absolute atomic E-state index is 12.2. The monoisotopic (exact) mass is 298 g/mol. The van der Waals surface area contributed by atoms with Gasteiger partial charge in [0.25, 0.3) is 0 Å². The number of hydrogen-bond acceptors (Lipinski definition) is 3. The maximum Gasteiger partial charge on any atom is 0.425 e. The molecule has 2 rings (SSSR count). The molecule has 0 saturated heterocycles. The van der Waals surface area contributed by atoms with Crippen LogP contribution in [0.3, 0.4) is 0 Å². The highest BCUT2D eigenvalue weighted by molar-refractivity contribution is 5.93. The molecule has 1 N–H and O–H groups in total. The van der Waals surface area contributed by atoms with E-state index in [9.17, 15) is 18.0 Å². The van der Waals surface area contributed by atoms with Crippen LogP contribution in [0.5, 0.6) is 0 Å². The van der Waals surface area contributed by atoms with Crippen LogP contribution in [0.25, 0.3) is 0 Å². The number of nitrogens with zero attached hydrogens (tertiary/aromatic N) is 2. The molecule has 1 aliphatic heterocycles. The van der Waals surface area contributed by atoms with Crippen molar-refractivity contribution < 1.29 is 23.1 Å². The number of aliphatic hydroxyl groups is 1. The molecule has 0 radical (unpaired) electrons. The van der Waals surface area contributed by atoms with Crippen LogP contribution in [0.1, 0.15) is 24.1 Å². The van der Waals surface area contributed by atoms with E-state index in [1.807, 2.05) is 0 Å². The molecule has 21 heavy (non-hydrogen) atoms. The first-order valence-corrected chi connectivity index (χ1v) is 6.32. The fraction of sp³-hybridized carbons (Fsp3) is 0.429. The van der Waals surface area contributed by atoms with Gasteiger partial charge in [0.05, 0.1) is 0 Å². The van der Waals surface area contributed by atoms with Crippen LogP contribution in [-0.4, -0.2) is 35.3 Å². The molecule has 1 amide bonds. The molecule has 1 unspecified atom stereocenters. The highest BCUT2D eigenvalue weighted by Crippen LogP contribution is 2.24. The van der Waals surface area contributed by atoms with Gasteiger partial charge in [-0.1, -0.05) is 12.0 Å². The first-order valence-electron chi connectivity index (χ1n) is 6.32. The summed E-state index contributed by atoms with van der Waals surface area (Å²) >= 11 is 0. The van der Waals surface area contributed by atoms with Gasteiger partial charge in [-0.05, 0) is 30.4 Å². The number of rotatable bonds is 0. The Morgan fingerprint density at radius 2 is 2.10 bits per heavy atom. The number of aliphatic hydroxyl groups excluding tert-OH is 1. The summed E-state index contributed by atoms with van der Waals surface area (Å²) in [6, 6.07) is 3.18. The van der Waals surface area contributed by atoms with Crippen LogP contribution in [0.15, 0.2) is 12.1 Å². The normalized spacial score (nSPS) is 16.6. The molecule has 0 aliphatic carbocycles. The topological polar surface area (TPSA) is 53.4 Å². The van der Waals surface area contributed by atoms with Crippen LogP contribution < -0.4 is 4.90 Å². The van der Waals surface area contributed by atoms with Crippen molar-refractivity contribution in [2.24, 2.45) is 0 Å². The van der Waals surface area contributed by atoms with Crippen molar-refractivity contribution in [2.75, 3.05) is 11.9 Å². The Labute approximate surface area is 119 Å². The molecular weight excluding hydrogens is 285 g/mol. The van der Waals surface area contributed by atoms with Gasteiger partial charge in [0.15, 0.2) is 0 Å². The Morgan fingerprint density at radius 3 is 2.76 bits per heavy atom. The molecule has 0 aromatic carbocycles. The van der Waals surface area contributed by atoms with E-state index in [0.29, 0.717) is 25.1 Å². The predicted molar refractivity (Wildman–Crippen MR) is 69.5 cm³/mol. The van der Waals surface area contributed by atoms with E-state index >= 15 is 0 Å². The second kappa shape index (κ2) is 5.74. The first-order chi connectivity index (χ1) is 9.79. The highest BCUT2D eigenvalue weighted by Gasteiger charge is 2.37. The third-order valence-electron chi connectivity index (χ3n) is 3.13. The van der Waals surface area contributed by atoms with Gasteiger partial charge in [0.2, 0.25) is 12.0 Å². The van der Waals surface area contributed by atoms with Crippen molar-refractivity contribution in [3.05, 3.63) is 23.4 Å². The van der Waals surface area contributed by atoms with Gasteiger partial charge < -0.3 is 5.11 Å². The standard InChI is InChI=1S/C14H13F3N2O2/c1-19-12(21)4-2-3-9-5-6-10(18-13(9)19)7-8-11(20)14(15,16)17/h5-6,11,20H,2-4H2,1H3. The summed E-state index contributed by atoms with van der Waals surface area (Å²) in [5.74, 6) is 4.20. The lowest BCUT2D eigenvalue weighted by Gasteiger charge is -2.16. The van der Waals surface area contributed by atoms with E-state index < -0.39 is 12.3 Å². The van der Waals surface area contributed by atoms with E-state index in [1.54, 1.807) is 19.0 Å². The number of carbonyl (C=O) groups is 1. The average molecular weight is 298 g/mol. The minimum atomic E-state index is -4.79. The fourth-order valence-corrected chi connectivity index (χ4v) is 1.97. The lowest BCUT2D eigenvalue weighted by molar-refractivity contribution is -0.184. The molecule has 0 bridgehead atoms. The lowest BCUT2D eigenvalue weighted by atomic mass is 10.1. The van der Waals surface area contributed by atoms with Crippen LogP contribution in [-0.2, 0) is 11.2 Å². The zero-order chi connectivity index (χ0) is 15.6. The molecule has 1 aliphatic rings. The number of halogens is 3. The van der Waals surface area contributed by atoms with Crippen molar-refractivity contribution in [1.82, 2.24) is 4.98 Å². The molecule has 0 fully saturated rings. The van der Waals surface area contributed by atoms with E-state index in [1.165, 1.54) is 11.0 Å². The average Bonchev–Trinajstić information content (AvgIpc) is 2.56. The minimum absolute atomic E-state index is 0.0820. The predicted octanol–water partition coefficient (Wildman–Crippen LogP) is 1.66. The SMILES string of the molecule is CN1C(=O)CCCc2ccc(C#CC(O)C(F)(F)F)nc21. The number of fused-ring (bicyclic) bond motifs is 1. The van der Waals surface area contributed by atoms with Crippen molar-refractivity contribution in [3.63, 3.8) is 0 Å². The van der Waals surface area contributed by atoms with Crippen LogP contribution in [0, 0.1) is 11.8 Å². The van der Waals surface area contributed by atoms with Crippen LogP contribution in [0.4, 0.5) is 19.0 Å². The minimum Gasteiger partial charge on any atom is -0.372 e. The number of aryl methyl sites for hydroxylation is 1. The number of pyridine rings is 1. The van der Waals surface area contributed by atoms with Crippen LogP contribution >= 0.6 is 0 Å². The largest absolute Gasteiger partial charge is 0.425 e. The maximum atomic E-state index is 12.2. The Balaban J connectivity index is 2.31. The molecule has 1 aromatic heterocycles. The number of hydrogen-bond donors (Lipinski definition) is 1. The Kier molecular flexibility index (Phi) is 4.19. The third kappa shape index (κ3) is 3.52. The second-order valence-corrected chi connectivity index (χ2v) is 4.70. The second-order valence-electron chi connectivity index (χ2n) is 4.70. The Bertz CT molecular complexity index is 617. The number of carbonyl (C=O) groups excluding carboxylic acids is 1. The van der Waals surface area contributed by atoms with Crippen molar-refractivity contribution in [3.8, 4) is 11.8 Å². The summed E-state index contributed by atoms with van der Waals surface area (Å²) in [7, 11) is 1.57. The molecule has 1 aromatic rings. The van der Waals surface area contributed by atoms with Gasteiger partial charge in [-0.25, -0.2) is 4.98 Å². The highest BCUT2D eigenvalue weighted by atomic mass is 19.4. The summed E-state index contributed by atoms with van der Waals surface area (Å²) in [5, 5.41) is 8.83. The number of alkyl halides is 3. The van der Waals surface area contributed by atoms with Gasteiger partial charge in [-0.15, -0.1) is 0 Å². The van der Waals surface area contributed by atoms with Crippen molar-refractivity contribution >= 4 is 11.7 Å². The van der Waals surface area contributed by atoms with Gasteiger partial charge in [0, 0.05) is 13.5 Å². The van der Waals surface area contributed by atoms with E-state index in [4.69, 9.17) is 5.11 Å². The van der Waals surface area contributed by atoms with Gasteiger partial charge in [-0.3, -0.25) is 9.69 Å². The third-order valence-corrected chi connectivity index (χ3v) is 3.13. The molecule has 2 heterocycles. The Hall–Kier alpha value is -2.07. The zero-order valence-electron chi connectivity index (χ0n) is 11.2. The molecule has 112 valence electrons. The smallest absolute Gasteiger partial charge is 0.372 e. The van der Waals surface area contributed by atoms with E-state index in [2.05, 4.69) is 10.9 Å². The van der Waals surface area contributed by atoms with Crippen molar-refractivity contribution in [2.45, 2.75) is 31.5 Å². The van der Waals surface area contributed by atoms with Crippen LogP contribution in [0.2, 0.25) is 0 Å². The molecular formula is C14H13F3N2O2. The molecule has 1 atom stereocenters. The van der Waals surface area contributed by atoms with E-state index in [-0.39, 0.29) is 11.6 Å². The van der Waals surface area contributed by atoms with Gasteiger partial charge >= 0.3 is 6.18 Å². The Morgan fingerprint density at radius 1 is 1.38 bits per heavy atom. The molecule has 7 heteroatoms. The van der Waals surface area contributed by atoms with E-state index in [0.717, 1.165) is 5.56 Å². The summed E-state index contributed by atoms with van der Waals surface area (Å²) < 4.78 is 36.5. The number of aromatic nitrogens is 1. The molecule has 4 nitrogen and oxygen atoms in total. The van der Waals surface area contributed by atoms with Gasteiger partial charge in [0.1, 0.15) is 11.5 Å². The summed E-state index contributed by atoms with van der Waals surface area (Å²) in [4.78, 5) is 17.2. The van der Waals surface area contributed by atoms with Gasteiger partial charge in [-0.2, -0.15) is 13.2 Å². The fourth-order valence-electron chi connectivity index (χ4n) is 1.97. The van der Waals surface area contributed by atoms with Crippen molar-refractivity contribution in [1.29, 1.82) is 0 Å². The zero-order valence-corrected chi connectivity index (χ0v) is 11.2. The summed E-state index contributed by atoms with van der Waals surface area (Å²) in [6.07, 6.45) is -5.71. The molecule has 0 spiro atoms. The number of anilines is 1. The molecule has 0 saturated carbocycles. The summed E-state index contributed by atoms with van der Waals surface area (Å²) in [6.45, 7) is 0. The first kappa shape index (κ1) is 15.3. The lowest BCUT2D eigenvalue weighted by Crippen LogP contribution is -2.27. The number of amides is 1. The summed E-state index contributed by atoms with van der Waals surface area (Å²) in [5.41, 5.74) is 0.934. The quantitative estimate of drug-likeness (QED) is 0.741.